The average molecular weight is 342 g/mol. The van der Waals surface area contributed by atoms with Gasteiger partial charge >= 0.3 is 0 Å². The highest BCUT2D eigenvalue weighted by atomic mass is 32.2. The van der Waals surface area contributed by atoms with Crippen LogP contribution in [0.4, 0.5) is 0 Å². The average Bonchev–Trinajstić information content (AvgIpc) is 2.61. The molecule has 2 aromatic rings. The van der Waals surface area contributed by atoms with E-state index in [4.69, 9.17) is 4.74 Å². The molecule has 0 aliphatic rings. The van der Waals surface area contributed by atoms with Crippen LogP contribution in [0.25, 0.3) is 0 Å². The molecule has 0 aromatic heterocycles. The molecule has 5 heteroatoms. The van der Waals surface area contributed by atoms with Crippen molar-refractivity contribution in [1.29, 1.82) is 0 Å². The van der Waals surface area contributed by atoms with Gasteiger partial charge < -0.3 is 4.74 Å². The van der Waals surface area contributed by atoms with Gasteiger partial charge in [0.05, 0.1) is 18.1 Å². The molecule has 0 heterocycles. The number of rotatable bonds is 8. The standard InChI is InChI=1S/C19H22N2O2S/c1-3-13-23-17-11-9-16(10-12-17)14-20-21-19(22)15(2)24-18-7-5-4-6-8-18/h4-12,14-15H,3,13H2,1-2H3,(H,21,22). The van der Waals surface area contributed by atoms with E-state index in [2.05, 4.69) is 17.5 Å². The van der Waals surface area contributed by atoms with Crippen LogP contribution in [0.15, 0.2) is 64.6 Å². The van der Waals surface area contributed by atoms with Gasteiger partial charge in [0, 0.05) is 4.90 Å². The van der Waals surface area contributed by atoms with Gasteiger partial charge in [0.25, 0.3) is 5.91 Å². The van der Waals surface area contributed by atoms with Crippen LogP contribution in [0, 0.1) is 0 Å². The molecule has 2 aromatic carbocycles. The molecule has 0 radical (unpaired) electrons. The second kappa shape index (κ2) is 9.78. The zero-order valence-corrected chi connectivity index (χ0v) is 14.8. The van der Waals surface area contributed by atoms with E-state index in [0.29, 0.717) is 6.61 Å². The fourth-order valence-corrected chi connectivity index (χ4v) is 2.77. The SMILES string of the molecule is CCCOc1ccc(C=NNC(=O)C(C)Sc2ccccc2)cc1. The van der Waals surface area contributed by atoms with Gasteiger partial charge in [0.15, 0.2) is 0 Å². The third kappa shape index (κ3) is 6.08. The number of nitrogens with one attached hydrogen (secondary N) is 1. The van der Waals surface area contributed by atoms with Crippen LogP contribution in [0.5, 0.6) is 5.75 Å². The van der Waals surface area contributed by atoms with Gasteiger partial charge in [-0.2, -0.15) is 5.10 Å². The fourth-order valence-electron chi connectivity index (χ4n) is 1.89. The maximum Gasteiger partial charge on any atom is 0.253 e. The number of carbonyl (C=O) groups is 1. The molecule has 0 saturated heterocycles. The summed E-state index contributed by atoms with van der Waals surface area (Å²) >= 11 is 1.50. The lowest BCUT2D eigenvalue weighted by molar-refractivity contribution is -0.120. The number of nitrogens with zero attached hydrogens (tertiary/aromatic N) is 1. The molecule has 1 amide bonds. The molecule has 2 rings (SSSR count). The van der Waals surface area contributed by atoms with Gasteiger partial charge in [-0.25, -0.2) is 5.43 Å². The number of ether oxygens (including phenoxy) is 1. The zero-order valence-electron chi connectivity index (χ0n) is 13.9. The summed E-state index contributed by atoms with van der Waals surface area (Å²) in [5.41, 5.74) is 3.48. The summed E-state index contributed by atoms with van der Waals surface area (Å²) < 4.78 is 5.52. The maximum atomic E-state index is 12.0. The number of amides is 1. The van der Waals surface area contributed by atoms with Crippen molar-refractivity contribution >= 4 is 23.9 Å². The topological polar surface area (TPSA) is 50.7 Å². The van der Waals surface area contributed by atoms with Gasteiger partial charge in [-0.05, 0) is 55.3 Å². The Kier molecular flexibility index (Phi) is 7.36. The third-order valence-electron chi connectivity index (χ3n) is 3.17. The third-order valence-corrected chi connectivity index (χ3v) is 4.28. The quantitative estimate of drug-likeness (QED) is 0.446. The molecule has 1 atom stereocenters. The van der Waals surface area contributed by atoms with E-state index in [1.807, 2.05) is 61.5 Å². The van der Waals surface area contributed by atoms with Crippen LogP contribution in [0.3, 0.4) is 0 Å². The number of hydrazone groups is 1. The Hall–Kier alpha value is -2.27. The molecule has 0 saturated carbocycles. The van der Waals surface area contributed by atoms with Gasteiger partial charge in [-0.1, -0.05) is 25.1 Å². The molecular formula is C19H22N2O2S. The molecule has 0 bridgehead atoms. The van der Waals surface area contributed by atoms with Crippen LogP contribution in [0.2, 0.25) is 0 Å². The highest BCUT2D eigenvalue weighted by Crippen LogP contribution is 2.22. The predicted molar refractivity (Wildman–Crippen MR) is 99.7 cm³/mol. The molecule has 1 unspecified atom stereocenters. The smallest absolute Gasteiger partial charge is 0.253 e. The van der Waals surface area contributed by atoms with Crippen molar-refractivity contribution in [1.82, 2.24) is 5.43 Å². The Balaban J connectivity index is 1.81. The van der Waals surface area contributed by atoms with Crippen molar-refractivity contribution in [2.75, 3.05) is 6.61 Å². The molecule has 1 N–H and O–H groups in total. The second-order valence-corrected chi connectivity index (χ2v) is 6.64. The highest BCUT2D eigenvalue weighted by Gasteiger charge is 2.13. The molecule has 4 nitrogen and oxygen atoms in total. The molecular weight excluding hydrogens is 320 g/mol. The van der Waals surface area contributed by atoms with Crippen molar-refractivity contribution in [3.63, 3.8) is 0 Å². The number of carbonyl (C=O) groups excluding carboxylic acids is 1. The van der Waals surface area contributed by atoms with Gasteiger partial charge in [-0.3, -0.25) is 4.79 Å². The van der Waals surface area contributed by atoms with Crippen LogP contribution < -0.4 is 10.2 Å². The summed E-state index contributed by atoms with van der Waals surface area (Å²) in [6.45, 7) is 4.64. The minimum atomic E-state index is -0.214. The normalized spacial score (nSPS) is 12.1. The van der Waals surface area contributed by atoms with Gasteiger partial charge in [0.2, 0.25) is 0 Å². The molecule has 0 aliphatic carbocycles. The van der Waals surface area contributed by atoms with Crippen molar-refractivity contribution in [3.05, 3.63) is 60.2 Å². The summed E-state index contributed by atoms with van der Waals surface area (Å²) in [5, 5.41) is 3.80. The van der Waals surface area contributed by atoms with Crippen molar-refractivity contribution in [2.24, 2.45) is 5.10 Å². The summed E-state index contributed by atoms with van der Waals surface area (Å²) in [7, 11) is 0. The lowest BCUT2D eigenvalue weighted by atomic mass is 10.2. The van der Waals surface area contributed by atoms with Crippen LogP contribution in [0.1, 0.15) is 25.8 Å². The van der Waals surface area contributed by atoms with Gasteiger partial charge in [0.1, 0.15) is 5.75 Å². The fraction of sp³-hybridized carbons (Fsp3) is 0.263. The van der Waals surface area contributed by atoms with Gasteiger partial charge in [-0.15, -0.1) is 11.8 Å². The summed E-state index contributed by atoms with van der Waals surface area (Å²) in [6.07, 6.45) is 2.61. The first kappa shape index (κ1) is 18.1. The largest absolute Gasteiger partial charge is 0.494 e. The van der Waals surface area contributed by atoms with E-state index in [0.717, 1.165) is 22.6 Å². The lowest BCUT2D eigenvalue weighted by Gasteiger charge is -2.09. The minimum absolute atomic E-state index is 0.122. The van der Waals surface area contributed by atoms with E-state index in [1.54, 1.807) is 6.21 Å². The number of hydrogen-bond donors (Lipinski definition) is 1. The Bertz CT molecular complexity index is 657. The van der Waals surface area contributed by atoms with Crippen LogP contribution in [-0.4, -0.2) is 24.0 Å². The minimum Gasteiger partial charge on any atom is -0.494 e. The maximum absolute atomic E-state index is 12.0. The molecule has 0 spiro atoms. The summed E-state index contributed by atoms with van der Waals surface area (Å²) in [6, 6.07) is 17.4. The summed E-state index contributed by atoms with van der Waals surface area (Å²) in [4.78, 5) is 13.1. The highest BCUT2D eigenvalue weighted by molar-refractivity contribution is 8.00. The van der Waals surface area contributed by atoms with E-state index < -0.39 is 0 Å². The molecule has 24 heavy (non-hydrogen) atoms. The Morgan fingerprint density at radius 2 is 1.92 bits per heavy atom. The molecule has 0 aliphatic heterocycles. The van der Waals surface area contributed by atoms with Crippen LogP contribution >= 0.6 is 11.8 Å². The van der Waals surface area contributed by atoms with Crippen molar-refractivity contribution < 1.29 is 9.53 Å². The zero-order chi connectivity index (χ0) is 17.2. The Morgan fingerprint density at radius 3 is 2.58 bits per heavy atom. The number of thioether (sulfide) groups is 1. The van der Waals surface area contributed by atoms with Crippen LogP contribution in [-0.2, 0) is 4.79 Å². The lowest BCUT2D eigenvalue weighted by Crippen LogP contribution is -2.26. The number of hydrogen-bond acceptors (Lipinski definition) is 4. The monoisotopic (exact) mass is 342 g/mol. The first-order chi connectivity index (χ1) is 11.7. The van der Waals surface area contributed by atoms with Crippen molar-refractivity contribution in [3.8, 4) is 5.75 Å². The first-order valence-corrected chi connectivity index (χ1v) is 8.84. The van der Waals surface area contributed by atoms with E-state index in [9.17, 15) is 4.79 Å². The Labute approximate surface area is 147 Å². The van der Waals surface area contributed by atoms with Crippen molar-refractivity contribution in [2.45, 2.75) is 30.4 Å². The predicted octanol–water partition coefficient (Wildman–Crippen LogP) is 4.11. The molecule has 126 valence electrons. The Morgan fingerprint density at radius 1 is 1.21 bits per heavy atom. The van der Waals surface area contributed by atoms with E-state index >= 15 is 0 Å². The first-order valence-electron chi connectivity index (χ1n) is 7.96. The van der Waals surface area contributed by atoms with E-state index in [1.165, 1.54) is 11.8 Å². The second-order valence-electron chi connectivity index (χ2n) is 5.22. The summed E-state index contributed by atoms with van der Waals surface area (Å²) in [5.74, 6) is 0.717. The molecule has 0 fully saturated rings. The number of benzene rings is 2. The van der Waals surface area contributed by atoms with E-state index in [-0.39, 0.29) is 11.2 Å².